The van der Waals surface area contributed by atoms with E-state index in [1.807, 2.05) is 0 Å². The number of aryl methyl sites for hydroxylation is 2. The number of benzene rings is 1. The van der Waals surface area contributed by atoms with Crippen LogP contribution in [0.4, 0.5) is 5.69 Å². The van der Waals surface area contributed by atoms with Crippen LogP contribution in [0, 0.1) is 13.8 Å². The normalized spacial score (nSPS) is 10.2. The number of aromatic amines is 1. The van der Waals surface area contributed by atoms with Crippen molar-refractivity contribution in [3.8, 4) is 11.5 Å². The van der Waals surface area contributed by atoms with E-state index in [1.54, 1.807) is 32.0 Å². The molecule has 0 atom stereocenters. The van der Waals surface area contributed by atoms with Crippen molar-refractivity contribution in [1.29, 1.82) is 0 Å². The Morgan fingerprint density at radius 2 is 1.95 bits per heavy atom. The number of H-pyrrole nitrogens is 1. The molecule has 22 heavy (non-hydrogen) atoms. The van der Waals surface area contributed by atoms with Gasteiger partial charge in [-0.25, -0.2) is 4.98 Å². The van der Waals surface area contributed by atoms with Crippen LogP contribution in [0.1, 0.15) is 21.9 Å². The van der Waals surface area contributed by atoms with Crippen LogP contribution in [0.5, 0.6) is 11.5 Å². The lowest BCUT2D eigenvalue weighted by Gasteiger charge is -2.12. The number of hydrogen-bond acceptors (Lipinski definition) is 5. The zero-order chi connectivity index (χ0) is 16.3. The maximum absolute atomic E-state index is 12.4. The second-order valence-electron chi connectivity index (χ2n) is 4.63. The first-order chi connectivity index (χ1) is 10.5. The van der Waals surface area contributed by atoms with Gasteiger partial charge >= 0.3 is 0 Å². The highest BCUT2D eigenvalue weighted by Crippen LogP contribution is 2.29. The number of methoxy groups -OCH3 is 2. The van der Waals surface area contributed by atoms with Gasteiger partial charge in [0.05, 0.1) is 25.6 Å². The standard InChI is InChI=1S/C15H17N3O4/c1-8-13(14(19)17-9(2)16-8)15(20)18-11-7-10(21-3)5-6-12(11)22-4/h5-7H,1-4H3,(H,18,20)(H,16,17,19). The Balaban J connectivity index is 2.39. The number of ether oxygens (including phenoxy) is 2. The third-order valence-electron chi connectivity index (χ3n) is 3.10. The first-order valence-corrected chi connectivity index (χ1v) is 6.57. The summed E-state index contributed by atoms with van der Waals surface area (Å²) in [6, 6.07) is 4.99. The van der Waals surface area contributed by atoms with E-state index in [9.17, 15) is 9.59 Å². The van der Waals surface area contributed by atoms with Gasteiger partial charge in [-0.3, -0.25) is 9.59 Å². The minimum absolute atomic E-state index is 0.0320. The number of anilines is 1. The lowest BCUT2D eigenvalue weighted by Crippen LogP contribution is -2.26. The van der Waals surface area contributed by atoms with Gasteiger partial charge in [0.2, 0.25) is 0 Å². The van der Waals surface area contributed by atoms with E-state index in [1.165, 1.54) is 14.2 Å². The first kappa shape index (κ1) is 15.6. The molecule has 0 aliphatic carbocycles. The van der Waals surface area contributed by atoms with E-state index < -0.39 is 11.5 Å². The molecule has 0 aliphatic rings. The SMILES string of the molecule is COc1ccc(OC)c(NC(=O)c2c(C)nc(C)[nH]c2=O)c1. The minimum atomic E-state index is -0.558. The predicted octanol–water partition coefficient (Wildman–Crippen LogP) is 1.66. The predicted molar refractivity (Wildman–Crippen MR) is 81.8 cm³/mol. The number of carbonyl (C=O) groups is 1. The number of carbonyl (C=O) groups excluding carboxylic acids is 1. The van der Waals surface area contributed by atoms with Gasteiger partial charge in [-0.1, -0.05) is 0 Å². The van der Waals surface area contributed by atoms with Gasteiger partial charge < -0.3 is 19.8 Å². The molecule has 1 amide bonds. The summed E-state index contributed by atoms with van der Waals surface area (Å²) >= 11 is 0. The summed E-state index contributed by atoms with van der Waals surface area (Å²) in [6.07, 6.45) is 0. The molecule has 0 spiro atoms. The van der Waals surface area contributed by atoms with Gasteiger partial charge in [0.1, 0.15) is 22.9 Å². The molecule has 0 unspecified atom stereocenters. The second-order valence-corrected chi connectivity index (χ2v) is 4.63. The van der Waals surface area contributed by atoms with Crippen LogP contribution in [-0.4, -0.2) is 30.1 Å². The summed E-state index contributed by atoms with van der Waals surface area (Å²) in [5.41, 5.74) is 0.256. The van der Waals surface area contributed by atoms with E-state index in [-0.39, 0.29) is 5.56 Å². The Labute approximate surface area is 127 Å². The zero-order valence-corrected chi connectivity index (χ0v) is 12.8. The van der Waals surface area contributed by atoms with E-state index in [0.717, 1.165) is 0 Å². The summed E-state index contributed by atoms with van der Waals surface area (Å²) < 4.78 is 10.3. The number of nitrogens with zero attached hydrogens (tertiary/aromatic N) is 1. The maximum atomic E-state index is 12.4. The van der Waals surface area contributed by atoms with Crippen LogP contribution in [0.15, 0.2) is 23.0 Å². The molecule has 0 fully saturated rings. The van der Waals surface area contributed by atoms with Crippen LogP contribution in [-0.2, 0) is 0 Å². The molecule has 7 heteroatoms. The lowest BCUT2D eigenvalue weighted by atomic mass is 10.2. The van der Waals surface area contributed by atoms with Gasteiger partial charge in [-0.15, -0.1) is 0 Å². The van der Waals surface area contributed by atoms with Crippen LogP contribution < -0.4 is 20.3 Å². The zero-order valence-electron chi connectivity index (χ0n) is 12.8. The highest BCUT2D eigenvalue weighted by atomic mass is 16.5. The lowest BCUT2D eigenvalue weighted by molar-refractivity contribution is 0.102. The van der Waals surface area contributed by atoms with Crippen LogP contribution in [0.2, 0.25) is 0 Å². The van der Waals surface area contributed by atoms with Crippen molar-refractivity contribution in [2.24, 2.45) is 0 Å². The molecule has 7 nitrogen and oxygen atoms in total. The number of aromatic nitrogens is 2. The van der Waals surface area contributed by atoms with E-state index in [2.05, 4.69) is 15.3 Å². The third kappa shape index (κ3) is 3.08. The van der Waals surface area contributed by atoms with Gasteiger partial charge in [-0.2, -0.15) is 0 Å². The summed E-state index contributed by atoms with van der Waals surface area (Å²) in [7, 11) is 3.01. The molecule has 0 saturated heterocycles. The minimum Gasteiger partial charge on any atom is -0.497 e. The van der Waals surface area contributed by atoms with Crippen molar-refractivity contribution < 1.29 is 14.3 Å². The molecule has 1 aromatic heterocycles. The fourth-order valence-corrected chi connectivity index (χ4v) is 2.09. The number of nitrogens with one attached hydrogen (secondary N) is 2. The van der Waals surface area contributed by atoms with Crippen molar-refractivity contribution in [3.05, 3.63) is 45.6 Å². The average Bonchev–Trinajstić information content (AvgIpc) is 2.46. The van der Waals surface area contributed by atoms with Crippen molar-refractivity contribution in [2.45, 2.75) is 13.8 Å². The Morgan fingerprint density at radius 1 is 1.23 bits per heavy atom. The van der Waals surface area contributed by atoms with Crippen LogP contribution in [0.3, 0.4) is 0 Å². The van der Waals surface area contributed by atoms with Crippen molar-refractivity contribution in [2.75, 3.05) is 19.5 Å². The molecular weight excluding hydrogens is 286 g/mol. The second kappa shape index (κ2) is 6.30. The molecule has 1 heterocycles. The summed E-state index contributed by atoms with van der Waals surface area (Å²) in [5.74, 6) is 0.919. The molecule has 0 radical (unpaired) electrons. The van der Waals surface area contributed by atoms with Crippen LogP contribution >= 0.6 is 0 Å². The summed E-state index contributed by atoms with van der Waals surface area (Å²) in [6.45, 7) is 3.27. The van der Waals surface area contributed by atoms with Crippen molar-refractivity contribution in [1.82, 2.24) is 9.97 Å². The fraction of sp³-hybridized carbons (Fsp3) is 0.267. The van der Waals surface area contributed by atoms with Crippen molar-refractivity contribution in [3.63, 3.8) is 0 Å². The Bertz CT molecular complexity index is 768. The van der Waals surface area contributed by atoms with Crippen LogP contribution in [0.25, 0.3) is 0 Å². The molecule has 2 N–H and O–H groups in total. The molecule has 0 saturated carbocycles. The molecule has 2 aromatic rings. The quantitative estimate of drug-likeness (QED) is 0.896. The highest BCUT2D eigenvalue weighted by molar-refractivity contribution is 6.05. The average molecular weight is 303 g/mol. The number of hydrogen-bond donors (Lipinski definition) is 2. The largest absolute Gasteiger partial charge is 0.497 e. The summed E-state index contributed by atoms with van der Waals surface area (Å²) in [4.78, 5) is 30.9. The summed E-state index contributed by atoms with van der Waals surface area (Å²) in [5, 5.41) is 2.65. The third-order valence-corrected chi connectivity index (χ3v) is 3.10. The maximum Gasteiger partial charge on any atom is 0.264 e. The molecule has 0 bridgehead atoms. The highest BCUT2D eigenvalue weighted by Gasteiger charge is 2.17. The number of rotatable bonds is 4. The molecule has 2 rings (SSSR count). The van der Waals surface area contributed by atoms with Gasteiger partial charge in [0, 0.05) is 6.07 Å². The Kier molecular flexibility index (Phi) is 4.45. The van der Waals surface area contributed by atoms with Gasteiger partial charge in [0.25, 0.3) is 11.5 Å². The monoisotopic (exact) mass is 303 g/mol. The molecule has 1 aromatic carbocycles. The van der Waals surface area contributed by atoms with E-state index in [4.69, 9.17) is 9.47 Å². The topological polar surface area (TPSA) is 93.3 Å². The number of amides is 1. The van der Waals surface area contributed by atoms with E-state index >= 15 is 0 Å². The Hall–Kier alpha value is -2.83. The fourth-order valence-electron chi connectivity index (χ4n) is 2.09. The molecule has 0 aliphatic heterocycles. The first-order valence-electron chi connectivity index (χ1n) is 6.57. The molecule has 116 valence electrons. The smallest absolute Gasteiger partial charge is 0.264 e. The molecular formula is C15H17N3O4. The van der Waals surface area contributed by atoms with E-state index in [0.29, 0.717) is 28.7 Å². The Morgan fingerprint density at radius 3 is 2.55 bits per heavy atom. The van der Waals surface area contributed by atoms with Gasteiger partial charge in [0.15, 0.2) is 0 Å². The van der Waals surface area contributed by atoms with Crippen molar-refractivity contribution >= 4 is 11.6 Å². The van der Waals surface area contributed by atoms with Gasteiger partial charge in [-0.05, 0) is 26.0 Å².